The Bertz CT molecular complexity index is 771. The zero-order chi connectivity index (χ0) is 21.2. The summed E-state index contributed by atoms with van der Waals surface area (Å²) in [5, 5.41) is 0. The van der Waals surface area contributed by atoms with Crippen LogP contribution in [0.5, 0.6) is 0 Å². The summed E-state index contributed by atoms with van der Waals surface area (Å²) in [5.41, 5.74) is 5.13. The number of aryl methyl sites for hydroxylation is 1. The lowest BCUT2D eigenvalue weighted by Crippen LogP contribution is -2.21. The molecule has 0 unspecified atom stereocenters. The van der Waals surface area contributed by atoms with E-state index in [4.69, 9.17) is 4.74 Å². The molecule has 2 nitrogen and oxygen atoms in total. The van der Waals surface area contributed by atoms with E-state index in [-0.39, 0.29) is 5.83 Å². The SMILES string of the molecule is C=C(CC)/C(=C/OC)c1ccccc1CCC(=C/C)/C(F)=C\CN(C)CC1CC1. The monoisotopic (exact) mass is 397 g/mol. The fourth-order valence-electron chi connectivity index (χ4n) is 3.50. The van der Waals surface area contributed by atoms with E-state index in [0.717, 1.165) is 47.6 Å². The van der Waals surface area contributed by atoms with Gasteiger partial charge in [0.2, 0.25) is 0 Å². The van der Waals surface area contributed by atoms with Gasteiger partial charge in [-0.25, -0.2) is 4.39 Å². The number of ether oxygens (including phenoxy) is 1. The van der Waals surface area contributed by atoms with Crippen LogP contribution in [-0.4, -0.2) is 32.1 Å². The van der Waals surface area contributed by atoms with Gasteiger partial charge >= 0.3 is 0 Å². The molecule has 0 atom stereocenters. The zero-order valence-corrected chi connectivity index (χ0v) is 18.5. The predicted octanol–water partition coefficient (Wildman–Crippen LogP) is 6.71. The van der Waals surface area contributed by atoms with Crippen molar-refractivity contribution < 1.29 is 9.13 Å². The van der Waals surface area contributed by atoms with Gasteiger partial charge in [0.05, 0.1) is 13.4 Å². The third-order valence-electron chi connectivity index (χ3n) is 5.52. The van der Waals surface area contributed by atoms with Gasteiger partial charge in [0, 0.05) is 18.7 Å². The number of likely N-dealkylation sites (N-methyl/N-ethyl adjacent to an activating group) is 1. The Morgan fingerprint density at radius 1 is 1.31 bits per heavy atom. The standard InChI is InChI=1S/C26H36FNO/c1-6-20(3)25(19-29-5)24-11-9-8-10-23(24)15-14-22(7-2)26(27)16-17-28(4)18-21-12-13-21/h7-11,16,19,21H,3,6,12-15,17-18H2,1-2,4-5H3/b22-7-,25-19-,26-16+. The highest BCUT2D eigenvalue weighted by molar-refractivity contribution is 5.79. The van der Waals surface area contributed by atoms with Crippen molar-refractivity contribution in [3.05, 3.63) is 77.4 Å². The van der Waals surface area contributed by atoms with Gasteiger partial charge in [0.25, 0.3) is 0 Å². The van der Waals surface area contributed by atoms with Gasteiger partial charge in [0.15, 0.2) is 0 Å². The Morgan fingerprint density at radius 3 is 2.66 bits per heavy atom. The second-order valence-electron chi connectivity index (χ2n) is 7.91. The van der Waals surface area contributed by atoms with Crippen molar-refractivity contribution in [1.29, 1.82) is 0 Å². The van der Waals surface area contributed by atoms with Crippen LogP contribution >= 0.6 is 0 Å². The van der Waals surface area contributed by atoms with Crippen molar-refractivity contribution in [3.8, 4) is 0 Å². The smallest absolute Gasteiger partial charge is 0.123 e. The number of rotatable bonds is 12. The molecule has 1 aliphatic rings. The van der Waals surface area contributed by atoms with Crippen LogP contribution in [0.4, 0.5) is 4.39 Å². The van der Waals surface area contributed by atoms with Crippen LogP contribution in [0.15, 0.2) is 66.2 Å². The van der Waals surface area contributed by atoms with Crippen LogP contribution in [0.1, 0.15) is 50.7 Å². The van der Waals surface area contributed by atoms with E-state index in [0.29, 0.717) is 13.0 Å². The first-order valence-electron chi connectivity index (χ1n) is 10.7. The third-order valence-corrected chi connectivity index (χ3v) is 5.52. The summed E-state index contributed by atoms with van der Waals surface area (Å²) in [4.78, 5) is 2.21. The summed E-state index contributed by atoms with van der Waals surface area (Å²) in [6.45, 7) is 9.91. The quantitative estimate of drug-likeness (QED) is 0.287. The fourth-order valence-corrected chi connectivity index (χ4v) is 3.50. The first kappa shape index (κ1) is 23.2. The molecule has 0 heterocycles. The van der Waals surface area contributed by atoms with E-state index < -0.39 is 0 Å². The van der Waals surface area contributed by atoms with Crippen molar-refractivity contribution in [3.63, 3.8) is 0 Å². The molecular formula is C26H36FNO. The van der Waals surface area contributed by atoms with Gasteiger partial charge in [-0.15, -0.1) is 0 Å². The maximum absolute atomic E-state index is 14.8. The van der Waals surface area contributed by atoms with Crippen LogP contribution in [0.3, 0.4) is 0 Å². The Morgan fingerprint density at radius 2 is 2.03 bits per heavy atom. The maximum atomic E-state index is 14.8. The van der Waals surface area contributed by atoms with E-state index in [1.165, 1.54) is 18.4 Å². The second kappa shape index (κ2) is 11.8. The molecule has 0 N–H and O–H groups in total. The molecule has 2 rings (SSSR count). The molecule has 0 amide bonds. The molecule has 0 aliphatic heterocycles. The van der Waals surface area contributed by atoms with Gasteiger partial charge in [-0.3, -0.25) is 0 Å². The number of hydrogen-bond acceptors (Lipinski definition) is 2. The molecule has 0 aromatic heterocycles. The highest BCUT2D eigenvalue weighted by Gasteiger charge is 2.22. The lowest BCUT2D eigenvalue weighted by atomic mass is 9.91. The number of allylic oxidation sites excluding steroid dienone is 5. The highest BCUT2D eigenvalue weighted by atomic mass is 19.1. The molecule has 3 heteroatoms. The molecule has 0 radical (unpaired) electrons. The topological polar surface area (TPSA) is 12.5 Å². The van der Waals surface area contributed by atoms with Gasteiger partial charge in [-0.05, 0) is 80.3 Å². The van der Waals surface area contributed by atoms with E-state index in [9.17, 15) is 4.39 Å². The Labute approximate surface area is 176 Å². The van der Waals surface area contributed by atoms with Crippen molar-refractivity contribution in [2.75, 3.05) is 27.2 Å². The molecule has 0 spiro atoms. The fraction of sp³-hybridized carbons (Fsp3) is 0.462. The van der Waals surface area contributed by atoms with Crippen molar-refractivity contribution in [2.45, 2.75) is 46.0 Å². The lowest BCUT2D eigenvalue weighted by Gasteiger charge is -2.16. The number of halogens is 1. The lowest BCUT2D eigenvalue weighted by molar-refractivity contribution is 0.339. The van der Waals surface area contributed by atoms with Crippen molar-refractivity contribution in [2.24, 2.45) is 5.92 Å². The number of hydrogen-bond donors (Lipinski definition) is 0. The number of benzene rings is 1. The molecule has 1 saturated carbocycles. The molecular weight excluding hydrogens is 361 g/mol. The van der Waals surface area contributed by atoms with Gasteiger partial charge in [-0.2, -0.15) is 0 Å². The molecule has 29 heavy (non-hydrogen) atoms. The molecule has 1 fully saturated rings. The molecule has 158 valence electrons. The Balaban J connectivity index is 2.07. The van der Waals surface area contributed by atoms with Gasteiger partial charge in [0.1, 0.15) is 5.83 Å². The highest BCUT2D eigenvalue weighted by Crippen LogP contribution is 2.30. The first-order chi connectivity index (χ1) is 14.0. The Hall–Kier alpha value is -2.13. The summed E-state index contributed by atoms with van der Waals surface area (Å²) in [5.74, 6) is 0.722. The second-order valence-corrected chi connectivity index (χ2v) is 7.91. The summed E-state index contributed by atoms with van der Waals surface area (Å²) in [7, 11) is 3.72. The summed E-state index contributed by atoms with van der Waals surface area (Å²) in [6.07, 6.45) is 10.3. The van der Waals surface area contributed by atoms with E-state index in [1.807, 2.05) is 25.1 Å². The summed E-state index contributed by atoms with van der Waals surface area (Å²) in [6, 6.07) is 8.26. The van der Waals surface area contributed by atoms with Crippen LogP contribution < -0.4 is 0 Å². The normalized spacial score (nSPS) is 15.7. The molecule has 1 aliphatic carbocycles. The minimum absolute atomic E-state index is 0.0988. The van der Waals surface area contributed by atoms with Crippen LogP contribution in [-0.2, 0) is 11.2 Å². The van der Waals surface area contributed by atoms with Gasteiger partial charge in [-0.1, -0.05) is 43.8 Å². The van der Waals surface area contributed by atoms with E-state index in [2.05, 4.69) is 37.6 Å². The largest absolute Gasteiger partial charge is 0.504 e. The molecule has 0 saturated heterocycles. The van der Waals surface area contributed by atoms with Crippen LogP contribution in [0.2, 0.25) is 0 Å². The third kappa shape index (κ3) is 7.32. The minimum Gasteiger partial charge on any atom is -0.504 e. The Kier molecular flexibility index (Phi) is 9.40. The zero-order valence-electron chi connectivity index (χ0n) is 18.5. The minimum atomic E-state index is -0.0988. The van der Waals surface area contributed by atoms with E-state index >= 15 is 0 Å². The average Bonchev–Trinajstić information content (AvgIpc) is 3.54. The molecule has 1 aromatic rings. The predicted molar refractivity (Wildman–Crippen MR) is 122 cm³/mol. The van der Waals surface area contributed by atoms with Crippen molar-refractivity contribution in [1.82, 2.24) is 4.90 Å². The van der Waals surface area contributed by atoms with Gasteiger partial charge < -0.3 is 9.64 Å². The van der Waals surface area contributed by atoms with Crippen molar-refractivity contribution >= 4 is 5.57 Å². The maximum Gasteiger partial charge on any atom is 0.123 e. The summed E-state index contributed by atoms with van der Waals surface area (Å²) < 4.78 is 20.1. The van der Waals surface area contributed by atoms with E-state index in [1.54, 1.807) is 19.4 Å². The summed E-state index contributed by atoms with van der Waals surface area (Å²) >= 11 is 0. The number of methoxy groups -OCH3 is 1. The first-order valence-corrected chi connectivity index (χ1v) is 10.7. The average molecular weight is 398 g/mol. The van der Waals surface area contributed by atoms with Crippen LogP contribution in [0, 0.1) is 5.92 Å². The number of nitrogens with zero attached hydrogens (tertiary/aromatic N) is 1. The molecule has 1 aromatic carbocycles. The molecule has 0 bridgehead atoms. The van der Waals surface area contributed by atoms with Crippen LogP contribution in [0.25, 0.3) is 5.57 Å².